The summed E-state index contributed by atoms with van der Waals surface area (Å²) in [7, 11) is 0. The van der Waals surface area contributed by atoms with Gasteiger partial charge in [-0.05, 0) is 31.7 Å². The van der Waals surface area contributed by atoms with E-state index in [0.717, 1.165) is 18.4 Å². The Hall–Kier alpha value is -2.15. The number of hydrogen-bond acceptors (Lipinski definition) is 3. The van der Waals surface area contributed by atoms with Gasteiger partial charge >= 0.3 is 6.03 Å². The van der Waals surface area contributed by atoms with Crippen LogP contribution in [0.5, 0.6) is 0 Å². The number of carbonyl (C=O) groups excluding carboxylic acids is 2. The molecule has 6 nitrogen and oxygen atoms in total. The fraction of sp³-hybridized carbons (Fsp3) is 0.600. The minimum Gasteiger partial charge on any atom is -0.378 e. The Labute approximate surface area is 159 Å². The number of alkyl halides is 1. The number of urea groups is 1. The number of rotatable bonds is 3. The SMILES string of the molecule is CC1(F)CCCCN(C(=O)NC(C(=O)N2CCOCC2)c2ccccc2)C1. The molecule has 0 aromatic heterocycles. The lowest BCUT2D eigenvalue weighted by molar-refractivity contribution is -0.137. The lowest BCUT2D eigenvalue weighted by Crippen LogP contribution is -2.51. The van der Waals surface area contributed by atoms with E-state index in [9.17, 15) is 14.0 Å². The van der Waals surface area contributed by atoms with Gasteiger partial charge in [-0.1, -0.05) is 30.3 Å². The van der Waals surface area contributed by atoms with E-state index < -0.39 is 17.7 Å². The van der Waals surface area contributed by atoms with Crippen molar-refractivity contribution < 1.29 is 18.7 Å². The van der Waals surface area contributed by atoms with Gasteiger partial charge in [0.25, 0.3) is 0 Å². The number of benzene rings is 1. The van der Waals surface area contributed by atoms with Crippen LogP contribution >= 0.6 is 0 Å². The van der Waals surface area contributed by atoms with E-state index in [1.165, 1.54) is 11.8 Å². The van der Waals surface area contributed by atoms with Gasteiger partial charge in [0.05, 0.1) is 19.8 Å². The number of carbonyl (C=O) groups is 2. The zero-order chi connectivity index (χ0) is 19.3. The van der Waals surface area contributed by atoms with Gasteiger partial charge in [-0.25, -0.2) is 9.18 Å². The Morgan fingerprint density at radius 2 is 1.81 bits per heavy atom. The first-order chi connectivity index (χ1) is 13.0. The lowest BCUT2D eigenvalue weighted by Gasteiger charge is -2.33. The van der Waals surface area contributed by atoms with E-state index >= 15 is 0 Å². The number of halogens is 1. The highest BCUT2D eigenvalue weighted by Gasteiger charge is 2.34. The summed E-state index contributed by atoms with van der Waals surface area (Å²) in [6, 6.07) is 8.01. The third kappa shape index (κ3) is 5.19. The highest BCUT2D eigenvalue weighted by Crippen LogP contribution is 2.25. The molecule has 2 heterocycles. The van der Waals surface area contributed by atoms with Crippen molar-refractivity contribution >= 4 is 11.9 Å². The summed E-state index contributed by atoms with van der Waals surface area (Å²) in [6.07, 6.45) is 1.97. The monoisotopic (exact) mass is 377 g/mol. The van der Waals surface area contributed by atoms with Crippen molar-refractivity contribution in [2.45, 2.75) is 37.9 Å². The minimum atomic E-state index is -1.40. The maximum atomic E-state index is 14.5. The third-order valence-corrected chi connectivity index (χ3v) is 5.15. The Morgan fingerprint density at radius 3 is 2.52 bits per heavy atom. The second kappa shape index (κ2) is 8.69. The molecule has 7 heteroatoms. The quantitative estimate of drug-likeness (QED) is 0.880. The van der Waals surface area contributed by atoms with Crippen molar-refractivity contribution in [1.29, 1.82) is 0 Å². The lowest BCUT2D eigenvalue weighted by atomic mass is 10.0. The summed E-state index contributed by atoms with van der Waals surface area (Å²) in [6.45, 7) is 4.08. The summed E-state index contributed by atoms with van der Waals surface area (Å²) >= 11 is 0. The molecular weight excluding hydrogens is 349 g/mol. The number of likely N-dealkylation sites (tertiary alicyclic amines) is 1. The maximum absolute atomic E-state index is 14.5. The van der Waals surface area contributed by atoms with Crippen LogP contribution in [0.3, 0.4) is 0 Å². The van der Waals surface area contributed by atoms with Crippen LogP contribution in [0.1, 0.15) is 37.8 Å². The summed E-state index contributed by atoms with van der Waals surface area (Å²) in [5.74, 6) is -0.157. The highest BCUT2D eigenvalue weighted by atomic mass is 19.1. The molecule has 27 heavy (non-hydrogen) atoms. The standard InChI is InChI=1S/C20H28FN3O3/c1-20(21)9-5-6-10-24(15-20)19(26)22-17(16-7-3-2-4-8-16)18(25)23-11-13-27-14-12-23/h2-4,7-8,17H,5-6,9-15H2,1H3,(H,22,26). The molecule has 1 aromatic carbocycles. The zero-order valence-electron chi connectivity index (χ0n) is 15.8. The second-order valence-corrected chi connectivity index (χ2v) is 7.52. The fourth-order valence-corrected chi connectivity index (χ4v) is 3.64. The average molecular weight is 377 g/mol. The first-order valence-electron chi connectivity index (χ1n) is 9.62. The van der Waals surface area contributed by atoms with E-state index in [-0.39, 0.29) is 12.5 Å². The van der Waals surface area contributed by atoms with Crippen molar-refractivity contribution in [3.8, 4) is 0 Å². The molecule has 3 rings (SSSR count). The average Bonchev–Trinajstić information content (AvgIpc) is 2.87. The predicted octanol–water partition coefficient (Wildman–Crippen LogP) is 2.51. The largest absolute Gasteiger partial charge is 0.378 e. The predicted molar refractivity (Wildman–Crippen MR) is 100 cm³/mol. The van der Waals surface area contributed by atoms with Crippen molar-refractivity contribution in [1.82, 2.24) is 15.1 Å². The molecule has 2 aliphatic heterocycles. The number of nitrogens with zero attached hydrogens (tertiary/aromatic N) is 2. The molecule has 0 spiro atoms. The van der Waals surface area contributed by atoms with Gasteiger partial charge in [0.2, 0.25) is 5.91 Å². The van der Waals surface area contributed by atoms with Crippen molar-refractivity contribution in [2.24, 2.45) is 0 Å². The molecule has 1 N–H and O–H groups in total. The Bertz CT molecular complexity index is 647. The van der Waals surface area contributed by atoms with Crippen molar-refractivity contribution in [2.75, 3.05) is 39.4 Å². The van der Waals surface area contributed by atoms with E-state index in [2.05, 4.69) is 5.32 Å². The highest BCUT2D eigenvalue weighted by molar-refractivity contribution is 5.88. The molecule has 2 unspecified atom stereocenters. The molecule has 0 bridgehead atoms. The molecular formula is C20H28FN3O3. The molecule has 3 amide bonds. The fourth-order valence-electron chi connectivity index (χ4n) is 3.64. The molecule has 2 aliphatic rings. The van der Waals surface area contributed by atoms with Gasteiger partial charge in [0, 0.05) is 19.6 Å². The van der Waals surface area contributed by atoms with Crippen LogP contribution in [0.4, 0.5) is 9.18 Å². The van der Waals surface area contributed by atoms with Crippen LogP contribution in [0, 0.1) is 0 Å². The normalized spacial score (nSPS) is 24.8. The number of ether oxygens (including phenoxy) is 1. The van der Waals surface area contributed by atoms with Gasteiger partial charge in [0.15, 0.2) is 0 Å². The summed E-state index contributed by atoms with van der Waals surface area (Å²) in [5.41, 5.74) is -0.676. The van der Waals surface area contributed by atoms with Gasteiger partial charge in [-0.2, -0.15) is 0 Å². The Morgan fingerprint density at radius 1 is 1.11 bits per heavy atom. The van der Waals surface area contributed by atoms with E-state index in [1.807, 2.05) is 30.3 Å². The van der Waals surface area contributed by atoms with Gasteiger partial charge < -0.3 is 19.9 Å². The van der Waals surface area contributed by atoms with Crippen molar-refractivity contribution in [3.05, 3.63) is 35.9 Å². The molecule has 0 radical (unpaired) electrons. The molecule has 2 fully saturated rings. The molecule has 2 atom stereocenters. The van der Waals surface area contributed by atoms with Crippen LogP contribution in [0.25, 0.3) is 0 Å². The van der Waals surface area contributed by atoms with Crippen LogP contribution in [0.15, 0.2) is 30.3 Å². The topological polar surface area (TPSA) is 61.9 Å². The van der Waals surface area contributed by atoms with E-state index in [1.54, 1.807) is 4.90 Å². The third-order valence-electron chi connectivity index (χ3n) is 5.15. The number of morpholine rings is 1. The first kappa shape index (κ1) is 19.6. The zero-order valence-corrected chi connectivity index (χ0v) is 15.8. The Balaban J connectivity index is 1.76. The molecule has 0 aliphatic carbocycles. The van der Waals surface area contributed by atoms with E-state index in [4.69, 9.17) is 4.74 Å². The van der Waals surface area contributed by atoms with Gasteiger partial charge in [-0.3, -0.25) is 4.79 Å². The van der Waals surface area contributed by atoms with Gasteiger partial charge in [0.1, 0.15) is 11.7 Å². The van der Waals surface area contributed by atoms with Crippen molar-refractivity contribution in [3.63, 3.8) is 0 Å². The maximum Gasteiger partial charge on any atom is 0.318 e. The second-order valence-electron chi connectivity index (χ2n) is 7.52. The minimum absolute atomic E-state index is 0.0477. The summed E-state index contributed by atoms with van der Waals surface area (Å²) < 4.78 is 19.9. The first-order valence-corrected chi connectivity index (χ1v) is 9.62. The number of amides is 3. The molecule has 0 saturated carbocycles. The van der Waals surface area contributed by atoms with Gasteiger partial charge in [-0.15, -0.1) is 0 Å². The van der Waals surface area contributed by atoms with Crippen LogP contribution in [-0.2, 0) is 9.53 Å². The Kier molecular flexibility index (Phi) is 6.31. The molecule has 1 aromatic rings. The molecule has 2 saturated heterocycles. The van der Waals surface area contributed by atoms with E-state index in [0.29, 0.717) is 39.3 Å². The number of nitrogens with one attached hydrogen (secondary N) is 1. The smallest absolute Gasteiger partial charge is 0.318 e. The summed E-state index contributed by atoms with van der Waals surface area (Å²) in [5, 5.41) is 2.85. The molecule has 148 valence electrons. The van der Waals surface area contributed by atoms with Crippen LogP contribution < -0.4 is 5.32 Å². The van der Waals surface area contributed by atoms with Crippen LogP contribution in [0.2, 0.25) is 0 Å². The summed E-state index contributed by atoms with van der Waals surface area (Å²) in [4.78, 5) is 29.1. The number of hydrogen-bond donors (Lipinski definition) is 1. The van der Waals surface area contributed by atoms with Crippen LogP contribution in [-0.4, -0.2) is 66.8 Å².